The summed E-state index contributed by atoms with van der Waals surface area (Å²) in [5, 5.41) is 8.14. The van der Waals surface area contributed by atoms with Gasteiger partial charge in [0.1, 0.15) is 11.5 Å². The molecule has 3 N–H and O–H groups in total. The molecular weight excluding hydrogens is 372 g/mol. The molecule has 2 heterocycles. The molecule has 0 amide bonds. The number of para-hydroxylation sites is 1. The summed E-state index contributed by atoms with van der Waals surface area (Å²) in [7, 11) is 0. The smallest absolute Gasteiger partial charge is 0.153 e. The first-order valence-corrected chi connectivity index (χ1v) is 9.57. The van der Waals surface area contributed by atoms with Crippen molar-refractivity contribution in [3.8, 4) is 33.9 Å². The van der Waals surface area contributed by atoms with E-state index in [1.165, 1.54) is 0 Å². The van der Waals surface area contributed by atoms with E-state index in [4.69, 9.17) is 15.5 Å². The number of aromatic nitrogens is 3. The van der Waals surface area contributed by atoms with Gasteiger partial charge in [-0.3, -0.25) is 10.1 Å². The Bertz CT molecular complexity index is 1320. The molecule has 0 aliphatic carbocycles. The van der Waals surface area contributed by atoms with E-state index < -0.39 is 0 Å². The van der Waals surface area contributed by atoms with Gasteiger partial charge in [-0.1, -0.05) is 48.5 Å². The average Bonchev–Trinajstić information content (AvgIpc) is 3.16. The second kappa shape index (κ2) is 7.37. The summed E-state index contributed by atoms with van der Waals surface area (Å²) in [6, 6.07) is 25.5. The molecule has 0 aliphatic rings. The van der Waals surface area contributed by atoms with E-state index in [0.717, 1.165) is 50.3 Å². The zero-order chi connectivity index (χ0) is 20.5. The van der Waals surface area contributed by atoms with Crippen LogP contribution >= 0.6 is 0 Å². The zero-order valence-electron chi connectivity index (χ0n) is 16.2. The van der Waals surface area contributed by atoms with Crippen LogP contribution in [0.15, 0.2) is 85.1 Å². The topological polar surface area (TPSA) is 76.8 Å². The molecule has 5 rings (SSSR count). The van der Waals surface area contributed by atoms with Gasteiger partial charge in [0.2, 0.25) is 0 Å². The Morgan fingerprint density at radius 1 is 0.833 bits per heavy atom. The van der Waals surface area contributed by atoms with Crippen LogP contribution in [-0.2, 0) is 0 Å². The normalized spacial score (nSPS) is 11.0. The lowest BCUT2D eigenvalue weighted by atomic mass is 10.00. The molecule has 0 saturated heterocycles. The number of fused-ring (bicyclic) bond motifs is 1. The number of nitrogens with zero attached hydrogens (tertiary/aromatic N) is 2. The minimum absolute atomic E-state index is 0.444. The lowest BCUT2D eigenvalue weighted by Gasteiger charge is -2.10. The van der Waals surface area contributed by atoms with Crippen molar-refractivity contribution in [3.63, 3.8) is 0 Å². The molecule has 0 fully saturated rings. The van der Waals surface area contributed by atoms with E-state index in [2.05, 4.69) is 17.1 Å². The summed E-state index contributed by atoms with van der Waals surface area (Å²) in [5.74, 6) is 2.00. The fourth-order valence-corrected chi connectivity index (χ4v) is 3.54. The highest BCUT2D eigenvalue weighted by atomic mass is 16.5. The van der Waals surface area contributed by atoms with E-state index in [1.807, 2.05) is 85.1 Å². The summed E-state index contributed by atoms with van der Waals surface area (Å²) in [6.45, 7) is 4.01. The summed E-state index contributed by atoms with van der Waals surface area (Å²) in [5.41, 5.74) is 11.6. The van der Waals surface area contributed by atoms with Crippen LogP contribution in [0.1, 0.15) is 5.56 Å². The molecule has 1 radical (unpaired) electrons. The molecule has 145 valence electrons. The quantitative estimate of drug-likeness (QED) is 0.403. The van der Waals surface area contributed by atoms with E-state index in [1.54, 1.807) is 0 Å². The van der Waals surface area contributed by atoms with Crippen LogP contribution in [0.4, 0.5) is 5.82 Å². The number of hydrogen-bond acceptors (Lipinski definition) is 4. The number of pyridine rings is 1. The van der Waals surface area contributed by atoms with Crippen LogP contribution in [0.5, 0.6) is 11.5 Å². The van der Waals surface area contributed by atoms with E-state index >= 15 is 0 Å². The molecule has 5 heteroatoms. The van der Waals surface area contributed by atoms with Crippen LogP contribution in [0, 0.1) is 6.92 Å². The van der Waals surface area contributed by atoms with Gasteiger partial charge in [0.15, 0.2) is 5.82 Å². The molecule has 0 unspecified atom stereocenters. The van der Waals surface area contributed by atoms with Crippen molar-refractivity contribution in [2.45, 2.75) is 0 Å². The molecule has 5 aromatic rings. The van der Waals surface area contributed by atoms with Crippen LogP contribution in [0.2, 0.25) is 0 Å². The van der Waals surface area contributed by atoms with Crippen molar-refractivity contribution in [1.82, 2.24) is 15.2 Å². The Kier molecular flexibility index (Phi) is 4.41. The number of rotatable bonds is 4. The van der Waals surface area contributed by atoms with E-state index in [0.29, 0.717) is 5.82 Å². The maximum Gasteiger partial charge on any atom is 0.153 e. The highest BCUT2D eigenvalue weighted by Crippen LogP contribution is 2.36. The van der Waals surface area contributed by atoms with Crippen molar-refractivity contribution in [2.24, 2.45) is 0 Å². The van der Waals surface area contributed by atoms with Crippen LogP contribution in [-0.4, -0.2) is 15.2 Å². The summed E-state index contributed by atoms with van der Waals surface area (Å²) in [6.07, 6.45) is 1.84. The van der Waals surface area contributed by atoms with Crippen molar-refractivity contribution < 1.29 is 4.74 Å². The minimum atomic E-state index is 0.444. The molecule has 30 heavy (non-hydrogen) atoms. The molecule has 0 bridgehead atoms. The third-order valence-electron chi connectivity index (χ3n) is 4.97. The van der Waals surface area contributed by atoms with Crippen molar-refractivity contribution in [1.29, 1.82) is 0 Å². The number of nitrogens with two attached hydrogens (primary N) is 1. The predicted octanol–water partition coefficient (Wildman–Crippen LogP) is 5.85. The van der Waals surface area contributed by atoms with Gasteiger partial charge in [0, 0.05) is 17.3 Å². The molecule has 2 aromatic heterocycles. The molecule has 5 nitrogen and oxygen atoms in total. The third kappa shape index (κ3) is 3.26. The standard InChI is InChI=1S/C25H19N4O/c1-16-6-5-7-18(14-16)23-24-22(25(26)29-28-24)21(15-27-23)17-10-12-20(13-11-17)30-19-8-3-2-4-9-19/h2-15H,1H2,(H3,26,28,29). The summed E-state index contributed by atoms with van der Waals surface area (Å²) in [4.78, 5) is 4.71. The third-order valence-corrected chi connectivity index (χ3v) is 4.97. The average molecular weight is 391 g/mol. The SMILES string of the molecule is [CH2]c1cccc(-c2ncc(-c3ccc(Oc4ccccc4)cc3)c3c(N)n[nH]c23)c1. The maximum absolute atomic E-state index is 6.22. The van der Waals surface area contributed by atoms with Crippen LogP contribution in [0.3, 0.4) is 0 Å². The highest BCUT2D eigenvalue weighted by molar-refractivity contribution is 6.06. The van der Waals surface area contributed by atoms with E-state index in [9.17, 15) is 0 Å². The monoisotopic (exact) mass is 391 g/mol. The van der Waals surface area contributed by atoms with Crippen molar-refractivity contribution in [3.05, 3.63) is 97.5 Å². The van der Waals surface area contributed by atoms with Crippen LogP contribution in [0.25, 0.3) is 33.3 Å². The first-order chi connectivity index (χ1) is 14.7. The maximum atomic E-state index is 6.22. The zero-order valence-corrected chi connectivity index (χ0v) is 16.2. The van der Waals surface area contributed by atoms with Gasteiger partial charge in [-0.25, -0.2) is 0 Å². The van der Waals surface area contributed by atoms with Gasteiger partial charge < -0.3 is 10.5 Å². The predicted molar refractivity (Wildman–Crippen MR) is 120 cm³/mol. The molecule has 0 aliphatic heterocycles. The number of hydrogen-bond donors (Lipinski definition) is 2. The lowest BCUT2D eigenvalue weighted by Crippen LogP contribution is -1.92. The number of anilines is 1. The number of aromatic amines is 1. The number of nitrogen functional groups attached to an aromatic ring is 1. The second-order valence-electron chi connectivity index (χ2n) is 7.02. The Morgan fingerprint density at radius 2 is 1.60 bits per heavy atom. The lowest BCUT2D eigenvalue weighted by molar-refractivity contribution is 0.483. The number of nitrogens with one attached hydrogen (secondary N) is 1. The van der Waals surface area contributed by atoms with E-state index in [-0.39, 0.29) is 0 Å². The Morgan fingerprint density at radius 3 is 2.37 bits per heavy atom. The summed E-state index contributed by atoms with van der Waals surface area (Å²) < 4.78 is 5.89. The molecule has 0 atom stereocenters. The highest BCUT2D eigenvalue weighted by Gasteiger charge is 2.16. The number of benzene rings is 3. The number of ether oxygens (including phenoxy) is 1. The first kappa shape index (κ1) is 17.9. The van der Waals surface area contributed by atoms with Gasteiger partial charge in [-0.2, -0.15) is 5.10 Å². The summed E-state index contributed by atoms with van der Waals surface area (Å²) >= 11 is 0. The molecule has 3 aromatic carbocycles. The molecule has 0 spiro atoms. The fraction of sp³-hybridized carbons (Fsp3) is 0. The van der Waals surface area contributed by atoms with Crippen molar-refractivity contribution >= 4 is 16.7 Å². The Balaban J connectivity index is 1.55. The Hall–Kier alpha value is -4.12. The van der Waals surface area contributed by atoms with Gasteiger partial charge in [0.05, 0.1) is 16.6 Å². The fourth-order valence-electron chi connectivity index (χ4n) is 3.54. The molecular formula is C25H19N4O. The first-order valence-electron chi connectivity index (χ1n) is 9.57. The van der Waals surface area contributed by atoms with Crippen molar-refractivity contribution in [2.75, 3.05) is 5.73 Å². The van der Waals surface area contributed by atoms with Gasteiger partial charge in [-0.05, 0) is 48.4 Å². The molecule has 0 saturated carbocycles. The van der Waals surface area contributed by atoms with Gasteiger partial charge in [-0.15, -0.1) is 0 Å². The van der Waals surface area contributed by atoms with Crippen LogP contribution < -0.4 is 10.5 Å². The van der Waals surface area contributed by atoms with Gasteiger partial charge in [0.25, 0.3) is 0 Å². The second-order valence-corrected chi connectivity index (χ2v) is 7.02. The number of H-pyrrole nitrogens is 1. The minimum Gasteiger partial charge on any atom is -0.457 e. The largest absolute Gasteiger partial charge is 0.457 e. The Labute approximate surface area is 174 Å². The van der Waals surface area contributed by atoms with Gasteiger partial charge >= 0.3 is 0 Å².